The van der Waals surface area contributed by atoms with E-state index in [-0.39, 0.29) is 30.5 Å². The largest absolute Gasteiger partial charge is 1.00 e. The summed E-state index contributed by atoms with van der Waals surface area (Å²) in [5.74, 6) is 2.72. The lowest BCUT2D eigenvalue weighted by Crippen LogP contribution is -3.06. The molecule has 0 aromatic heterocycles. The molecule has 4 saturated carbocycles. The number of carbonyl (C=O) groups is 1. The Hall–Kier alpha value is -0.320. The first-order valence-electron chi connectivity index (χ1n) is 8.22. The molecule has 2 N–H and O–H groups in total. The van der Waals surface area contributed by atoms with Gasteiger partial charge in [0.25, 0.3) is 0 Å². The number of nitrogens with one attached hydrogen (secondary N) is 2. The summed E-state index contributed by atoms with van der Waals surface area (Å²) in [5, 5.41) is 3.34. The number of likely N-dealkylation sites (N-methyl/N-ethyl adjacent to an activating group) is 1. The maximum Gasteiger partial charge on any atom is 0.246 e. The van der Waals surface area contributed by atoms with Crippen LogP contribution >= 0.6 is 0 Å². The van der Waals surface area contributed by atoms with Crippen LogP contribution in [0.4, 0.5) is 0 Å². The molecule has 4 aliphatic rings. The zero-order valence-corrected chi connectivity index (χ0v) is 14.0. The van der Waals surface area contributed by atoms with E-state index in [1.807, 2.05) is 0 Å². The second-order valence-corrected chi connectivity index (χ2v) is 7.76. The quantitative estimate of drug-likeness (QED) is 0.521. The molecule has 4 rings (SSSR count). The molecule has 0 atom stereocenters. The van der Waals surface area contributed by atoms with Gasteiger partial charge in [-0.05, 0) is 56.3 Å². The number of hydrogen-bond acceptors (Lipinski definition) is 2. The molecule has 122 valence electrons. The fourth-order valence-corrected chi connectivity index (χ4v) is 5.04. The SMILES string of the molecule is C[NH+](C)CCOCC(=O)NC12CC3CC(CC(C3)C1)C2.[Cl-]. The molecule has 21 heavy (non-hydrogen) atoms. The van der Waals surface area contributed by atoms with Gasteiger partial charge in [0.2, 0.25) is 5.91 Å². The molecule has 0 unspecified atom stereocenters. The van der Waals surface area contributed by atoms with Crippen molar-refractivity contribution in [3.63, 3.8) is 0 Å². The lowest BCUT2D eigenvalue weighted by molar-refractivity contribution is -0.858. The fraction of sp³-hybridized carbons (Fsp3) is 0.938. The standard InChI is InChI=1S/C16H28N2O2.ClH/c1-18(2)3-4-20-11-15(19)17-16-8-12-5-13(9-16)7-14(6-12)10-16;/h12-14H,3-11H2,1-2H3,(H,17,19);1H. The minimum atomic E-state index is 0. The third-order valence-electron chi connectivity index (χ3n) is 5.42. The normalized spacial score (nSPS) is 36.6. The van der Waals surface area contributed by atoms with Gasteiger partial charge in [-0.25, -0.2) is 0 Å². The Labute approximate surface area is 134 Å². The second-order valence-electron chi connectivity index (χ2n) is 7.76. The molecule has 4 nitrogen and oxygen atoms in total. The molecule has 4 bridgehead atoms. The van der Waals surface area contributed by atoms with Crippen LogP contribution in [0.25, 0.3) is 0 Å². The molecule has 5 heteroatoms. The van der Waals surface area contributed by atoms with Crippen LogP contribution < -0.4 is 22.6 Å². The molecular formula is C16H29ClN2O2. The van der Waals surface area contributed by atoms with Gasteiger partial charge < -0.3 is 27.4 Å². The Balaban J connectivity index is 0.00000161. The molecule has 0 aromatic rings. The van der Waals surface area contributed by atoms with Crippen LogP contribution in [0.2, 0.25) is 0 Å². The Morgan fingerprint density at radius 2 is 1.67 bits per heavy atom. The average molecular weight is 317 g/mol. The van der Waals surface area contributed by atoms with Crippen molar-refractivity contribution >= 4 is 5.91 Å². The topological polar surface area (TPSA) is 42.8 Å². The van der Waals surface area contributed by atoms with E-state index in [0.717, 1.165) is 24.3 Å². The van der Waals surface area contributed by atoms with Crippen LogP contribution in [-0.4, -0.2) is 45.3 Å². The predicted octanol–water partition coefficient (Wildman–Crippen LogP) is -2.76. The third kappa shape index (κ3) is 4.11. The van der Waals surface area contributed by atoms with Crippen molar-refractivity contribution in [3.05, 3.63) is 0 Å². The van der Waals surface area contributed by atoms with Crippen molar-refractivity contribution in [2.45, 2.75) is 44.1 Å². The lowest BCUT2D eigenvalue weighted by Gasteiger charge is -2.56. The number of rotatable bonds is 6. The van der Waals surface area contributed by atoms with E-state index in [2.05, 4.69) is 19.4 Å². The van der Waals surface area contributed by atoms with Gasteiger partial charge in [-0.3, -0.25) is 4.79 Å². The van der Waals surface area contributed by atoms with Gasteiger partial charge >= 0.3 is 0 Å². The van der Waals surface area contributed by atoms with E-state index in [9.17, 15) is 4.79 Å². The Bertz CT molecular complexity index is 338. The molecule has 0 spiro atoms. The van der Waals surface area contributed by atoms with E-state index in [1.165, 1.54) is 43.4 Å². The second kappa shape index (κ2) is 6.84. The number of ether oxygens (including phenoxy) is 1. The van der Waals surface area contributed by atoms with Gasteiger partial charge in [0.1, 0.15) is 13.2 Å². The fourth-order valence-electron chi connectivity index (χ4n) is 5.04. The molecule has 0 heterocycles. The van der Waals surface area contributed by atoms with Gasteiger partial charge in [0, 0.05) is 5.54 Å². The summed E-state index contributed by atoms with van der Waals surface area (Å²) in [6.07, 6.45) is 7.89. The first-order valence-corrected chi connectivity index (χ1v) is 8.22. The summed E-state index contributed by atoms with van der Waals surface area (Å²) in [6, 6.07) is 0. The summed E-state index contributed by atoms with van der Waals surface area (Å²) < 4.78 is 5.49. The zero-order valence-electron chi connectivity index (χ0n) is 13.3. The number of quaternary nitrogens is 1. The molecule has 1 amide bonds. The van der Waals surface area contributed by atoms with E-state index in [0.29, 0.717) is 6.61 Å². The van der Waals surface area contributed by atoms with Gasteiger partial charge in [0.15, 0.2) is 0 Å². The Morgan fingerprint density at radius 3 is 2.14 bits per heavy atom. The first-order chi connectivity index (χ1) is 9.55. The number of carbonyl (C=O) groups excluding carboxylic acids is 1. The first kappa shape index (κ1) is 17.0. The highest BCUT2D eigenvalue weighted by atomic mass is 35.5. The Kier molecular flexibility index (Phi) is 5.55. The van der Waals surface area contributed by atoms with Crippen LogP contribution in [0.5, 0.6) is 0 Å². The highest BCUT2D eigenvalue weighted by Gasteiger charge is 2.51. The highest BCUT2D eigenvalue weighted by Crippen LogP contribution is 2.55. The highest BCUT2D eigenvalue weighted by molar-refractivity contribution is 5.78. The van der Waals surface area contributed by atoms with E-state index in [1.54, 1.807) is 0 Å². The van der Waals surface area contributed by atoms with Crippen LogP contribution in [0.15, 0.2) is 0 Å². The van der Waals surface area contributed by atoms with Crippen molar-refractivity contribution < 1.29 is 26.8 Å². The number of amides is 1. The molecule has 0 saturated heterocycles. The van der Waals surface area contributed by atoms with Crippen molar-refractivity contribution in [3.8, 4) is 0 Å². The maximum absolute atomic E-state index is 12.1. The van der Waals surface area contributed by atoms with Crippen LogP contribution in [-0.2, 0) is 9.53 Å². The summed E-state index contributed by atoms with van der Waals surface area (Å²) in [7, 11) is 4.19. The van der Waals surface area contributed by atoms with Crippen LogP contribution in [0.3, 0.4) is 0 Å². The summed E-state index contributed by atoms with van der Waals surface area (Å²) in [4.78, 5) is 13.5. The third-order valence-corrected chi connectivity index (χ3v) is 5.42. The summed E-state index contributed by atoms with van der Waals surface area (Å²) in [5.41, 5.74) is 0.127. The van der Waals surface area contributed by atoms with Gasteiger partial charge in [-0.1, -0.05) is 0 Å². The minimum absolute atomic E-state index is 0. The minimum Gasteiger partial charge on any atom is -1.00 e. The van der Waals surface area contributed by atoms with Crippen molar-refractivity contribution in [2.75, 3.05) is 33.9 Å². The van der Waals surface area contributed by atoms with Crippen molar-refractivity contribution in [2.24, 2.45) is 17.8 Å². The van der Waals surface area contributed by atoms with E-state index in [4.69, 9.17) is 4.74 Å². The predicted molar refractivity (Wildman–Crippen MR) is 77.5 cm³/mol. The van der Waals surface area contributed by atoms with Gasteiger partial charge in [-0.2, -0.15) is 0 Å². The Morgan fingerprint density at radius 1 is 1.14 bits per heavy atom. The monoisotopic (exact) mass is 316 g/mol. The van der Waals surface area contributed by atoms with Crippen molar-refractivity contribution in [1.29, 1.82) is 0 Å². The lowest BCUT2D eigenvalue weighted by atomic mass is 9.53. The van der Waals surface area contributed by atoms with Crippen LogP contribution in [0.1, 0.15) is 38.5 Å². The molecule has 4 fully saturated rings. The van der Waals surface area contributed by atoms with Gasteiger partial charge in [0.05, 0.1) is 20.7 Å². The molecular weight excluding hydrogens is 288 g/mol. The van der Waals surface area contributed by atoms with E-state index < -0.39 is 0 Å². The molecule has 0 aromatic carbocycles. The van der Waals surface area contributed by atoms with Gasteiger partial charge in [-0.15, -0.1) is 0 Å². The number of halogens is 1. The maximum atomic E-state index is 12.1. The molecule has 4 aliphatic carbocycles. The molecule has 0 aliphatic heterocycles. The summed E-state index contributed by atoms with van der Waals surface area (Å²) >= 11 is 0. The van der Waals surface area contributed by atoms with Crippen molar-refractivity contribution in [1.82, 2.24) is 5.32 Å². The smallest absolute Gasteiger partial charge is 0.246 e. The zero-order chi connectivity index (χ0) is 14.2. The molecule has 0 radical (unpaired) electrons. The number of hydrogen-bond donors (Lipinski definition) is 2. The van der Waals surface area contributed by atoms with Crippen LogP contribution in [0, 0.1) is 17.8 Å². The average Bonchev–Trinajstić information content (AvgIpc) is 2.32. The van der Waals surface area contributed by atoms with E-state index >= 15 is 0 Å². The summed E-state index contributed by atoms with van der Waals surface area (Å²) in [6.45, 7) is 1.84.